The van der Waals surface area contributed by atoms with Crippen molar-refractivity contribution in [3.05, 3.63) is 0 Å². The molecule has 0 bridgehead atoms. The third-order valence-electron chi connectivity index (χ3n) is 2.94. The van der Waals surface area contributed by atoms with Gasteiger partial charge in [-0.2, -0.15) is 4.31 Å². The zero-order valence-electron chi connectivity index (χ0n) is 11.0. The van der Waals surface area contributed by atoms with Gasteiger partial charge in [0.1, 0.15) is 5.60 Å². The van der Waals surface area contributed by atoms with Crippen molar-refractivity contribution in [2.24, 2.45) is 5.92 Å². The maximum absolute atomic E-state index is 12.9. The normalized spacial score (nSPS) is 33.3. The Balaban J connectivity index is 1.99. The van der Waals surface area contributed by atoms with Crippen LogP contribution in [-0.4, -0.2) is 38.8 Å². The second-order valence-electron chi connectivity index (χ2n) is 5.86. The van der Waals surface area contributed by atoms with E-state index in [9.17, 15) is 17.8 Å². The summed E-state index contributed by atoms with van der Waals surface area (Å²) >= 11 is -1.96. The summed E-state index contributed by atoms with van der Waals surface area (Å²) < 4.78 is 48.3. The number of rotatable bonds is 2. The molecule has 1 saturated carbocycles. The summed E-state index contributed by atoms with van der Waals surface area (Å²) in [6.07, 6.45) is -0.895. The Morgan fingerprint density at radius 2 is 2.11 bits per heavy atom. The number of amides is 1. The van der Waals surface area contributed by atoms with Crippen molar-refractivity contribution >= 4 is 17.4 Å². The van der Waals surface area contributed by atoms with Gasteiger partial charge in [0.05, 0.1) is 12.6 Å². The second-order valence-corrected chi connectivity index (χ2v) is 6.92. The molecule has 2 fully saturated rings. The van der Waals surface area contributed by atoms with Gasteiger partial charge in [-0.05, 0) is 27.2 Å². The highest BCUT2D eigenvalue weighted by molar-refractivity contribution is 7.78. The minimum atomic E-state index is -2.66. The van der Waals surface area contributed by atoms with E-state index in [4.69, 9.17) is 8.92 Å². The van der Waals surface area contributed by atoms with Gasteiger partial charge in [0.15, 0.2) is 0 Å². The lowest BCUT2D eigenvalue weighted by Gasteiger charge is -2.25. The molecule has 0 aromatic rings. The first-order chi connectivity index (χ1) is 8.60. The summed E-state index contributed by atoms with van der Waals surface area (Å²) in [6, 6.07) is -0.617. The van der Waals surface area contributed by atoms with Crippen molar-refractivity contribution < 1.29 is 26.7 Å². The van der Waals surface area contributed by atoms with E-state index >= 15 is 0 Å². The van der Waals surface area contributed by atoms with Crippen molar-refractivity contribution in [3.8, 4) is 0 Å². The Morgan fingerprint density at radius 1 is 1.53 bits per heavy atom. The van der Waals surface area contributed by atoms with Crippen LogP contribution in [0.25, 0.3) is 0 Å². The minimum absolute atomic E-state index is 0.00155. The average molecular weight is 297 g/mol. The number of carbonyl (C=O) groups excluding carboxylic acids is 1. The smallest absolute Gasteiger partial charge is 0.424 e. The van der Waals surface area contributed by atoms with Gasteiger partial charge in [-0.25, -0.2) is 17.8 Å². The minimum Gasteiger partial charge on any atom is -0.443 e. The first-order valence-electron chi connectivity index (χ1n) is 6.05. The van der Waals surface area contributed by atoms with Crippen molar-refractivity contribution in [3.63, 3.8) is 0 Å². The van der Waals surface area contributed by atoms with Gasteiger partial charge in [-0.1, -0.05) is 0 Å². The number of carbonyl (C=O) groups is 1. The number of alkyl halides is 2. The van der Waals surface area contributed by atoms with Crippen molar-refractivity contribution in [2.45, 2.75) is 51.2 Å². The molecule has 5 nitrogen and oxygen atoms in total. The predicted octanol–water partition coefficient (Wildman–Crippen LogP) is 2.25. The largest absolute Gasteiger partial charge is 0.443 e. The van der Waals surface area contributed by atoms with Crippen LogP contribution in [0.15, 0.2) is 0 Å². The molecule has 1 heterocycles. The molecule has 2 rings (SSSR count). The van der Waals surface area contributed by atoms with Crippen LogP contribution in [-0.2, 0) is 20.2 Å². The summed E-state index contributed by atoms with van der Waals surface area (Å²) in [5, 5.41) is 0. The van der Waals surface area contributed by atoms with Gasteiger partial charge in [0.25, 0.3) is 17.2 Å². The van der Waals surface area contributed by atoms with Gasteiger partial charge in [-0.15, -0.1) is 0 Å². The third kappa shape index (κ3) is 3.42. The summed E-state index contributed by atoms with van der Waals surface area (Å²) in [5.41, 5.74) is -0.738. The maximum atomic E-state index is 12.9. The van der Waals surface area contributed by atoms with Crippen LogP contribution in [0.5, 0.6) is 0 Å². The monoisotopic (exact) mass is 297 g/mol. The van der Waals surface area contributed by atoms with E-state index in [2.05, 4.69) is 0 Å². The molecule has 0 radical (unpaired) electrons. The fraction of sp³-hybridized carbons (Fsp3) is 0.909. The molecule has 19 heavy (non-hydrogen) atoms. The van der Waals surface area contributed by atoms with Crippen LogP contribution in [0.4, 0.5) is 13.6 Å². The molecule has 0 aromatic heterocycles. The predicted molar refractivity (Wildman–Crippen MR) is 63.6 cm³/mol. The van der Waals surface area contributed by atoms with E-state index in [1.807, 2.05) is 0 Å². The van der Waals surface area contributed by atoms with E-state index in [-0.39, 0.29) is 19.4 Å². The molecule has 8 heteroatoms. The molecular formula is C11H17F2NO4S. The molecule has 1 aliphatic carbocycles. The molecular weight excluding hydrogens is 280 g/mol. The van der Waals surface area contributed by atoms with Crippen LogP contribution in [0.2, 0.25) is 0 Å². The number of ether oxygens (including phenoxy) is 1. The molecule has 110 valence electrons. The van der Waals surface area contributed by atoms with E-state index in [1.54, 1.807) is 20.8 Å². The molecule has 2 aliphatic rings. The fourth-order valence-electron chi connectivity index (χ4n) is 1.92. The van der Waals surface area contributed by atoms with E-state index in [0.717, 1.165) is 4.31 Å². The summed E-state index contributed by atoms with van der Waals surface area (Å²) in [6.45, 7) is 5.02. The Labute approximate surface area is 113 Å². The number of hydrogen-bond donors (Lipinski definition) is 0. The maximum Gasteiger partial charge on any atom is 0.424 e. The molecule has 0 spiro atoms. The first-order valence-corrected chi connectivity index (χ1v) is 7.08. The van der Waals surface area contributed by atoms with Gasteiger partial charge in [0.2, 0.25) is 0 Å². The highest BCUT2D eigenvalue weighted by atomic mass is 32.2. The highest BCUT2D eigenvalue weighted by Gasteiger charge is 2.58. The summed E-state index contributed by atoms with van der Waals surface area (Å²) in [7, 11) is 0. The average Bonchev–Trinajstić information content (AvgIpc) is 2.64. The van der Waals surface area contributed by atoms with Gasteiger partial charge in [0, 0.05) is 12.3 Å². The summed E-state index contributed by atoms with van der Waals surface area (Å²) in [5.74, 6) is -3.43. The Hall–Kier alpha value is -0.760. The molecule has 3 atom stereocenters. The zero-order valence-corrected chi connectivity index (χ0v) is 11.8. The fourth-order valence-corrected chi connectivity index (χ4v) is 2.85. The lowest BCUT2D eigenvalue weighted by atomic mass is 10.1. The summed E-state index contributed by atoms with van der Waals surface area (Å²) in [4.78, 5) is 11.9. The zero-order chi connectivity index (χ0) is 14.4. The first kappa shape index (κ1) is 14.6. The molecule has 0 N–H and O–H groups in total. The lowest BCUT2D eigenvalue weighted by molar-refractivity contribution is 0.0336. The molecule has 1 aliphatic heterocycles. The highest BCUT2D eigenvalue weighted by Crippen LogP contribution is 2.52. The molecule has 0 aromatic carbocycles. The molecule has 1 saturated heterocycles. The van der Waals surface area contributed by atoms with Crippen molar-refractivity contribution in [1.82, 2.24) is 4.31 Å². The van der Waals surface area contributed by atoms with Crippen LogP contribution < -0.4 is 0 Å². The van der Waals surface area contributed by atoms with E-state index in [0.29, 0.717) is 0 Å². The van der Waals surface area contributed by atoms with E-state index < -0.39 is 40.8 Å². The Bertz CT molecular complexity index is 410. The Kier molecular flexibility index (Phi) is 3.59. The molecule has 1 amide bonds. The standard InChI is InChI=1S/C11H17F2NO4S/c1-10(2,3)18-9(15)14-8(6-17-19(14)16)4-7-5-11(7,12)13/h7-8H,4-6H2,1-3H3. The van der Waals surface area contributed by atoms with Gasteiger partial charge in [-0.3, -0.25) is 4.18 Å². The lowest BCUT2D eigenvalue weighted by Crippen LogP contribution is -2.41. The SMILES string of the molecule is CC(C)(C)OC(=O)N1C(CC2CC2(F)F)COS1=O. The van der Waals surface area contributed by atoms with Crippen LogP contribution in [0, 0.1) is 5.92 Å². The quantitative estimate of drug-likeness (QED) is 0.784. The number of halogens is 2. The van der Waals surface area contributed by atoms with Crippen molar-refractivity contribution in [1.29, 1.82) is 0 Å². The number of nitrogens with zero attached hydrogens (tertiary/aromatic N) is 1. The van der Waals surface area contributed by atoms with Crippen LogP contribution in [0.3, 0.4) is 0 Å². The third-order valence-corrected chi connectivity index (χ3v) is 4.05. The topological polar surface area (TPSA) is 55.8 Å². The van der Waals surface area contributed by atoms with Gasteiger partial charge < -0.3 is 4.74 Å². The second kappa shape index (κ2) is 4.66. The van der Waals surface area contributed by atoms with Crippen LogP contribution >= 0.6 is 0 Å². The number of hydrogen-bond acceptors (Lipinski definition) is 4. The van der Waals surface area contributed by atoms with Crippen molar-refractivity contribution in [2.75, 3.05) is 6.61 Å². The van der Waals surface area contributed by atoms with E-state index in [1.165, 1.54) is 0 Å². The van der Waals surface area contributed by atoms with Crippen LogP contribution in [0.1, 0.15) is 33.6 Å². The van der Waals surface area contributed by atoms with Gasteiger partial charge >= 0.3 is 6.09 Å². The Morgan fingerprint density at radius 3 is 2.58 bits per heavy atom. The molecule has 3 unspecified atom stereocenters.